The van der Waals surface area contributed by atoms with E-state index in [0.29, 0.717) is 33.6 Å². The number of aryl methyl sites for hydroxylation is 1. The van der Waals surface area contributed by atoms with Gasteiger partial charge in [-0.2, -0.15) is 5.21 Å². The first-order chi connectivity index (χ1) is 14.6. The molecule has 1 aliphatic heterocycles. The summed E-state index contributed by atoms with van der Waals surface area (Å²) in [7, 11) is 0. The number of H-pyrrole nitrogens is 1. The highest BCUT2D eigenvalue weighted by molar-refractivity contribution is 6.31. The summed E-state index contributed by atoms with van der Waals surface area (Å²) in [4.78, 5) is 12.8. The minimum atomic E-state index is -0.546. The van der Waals surface area contributed by atoms with Gasteiger partial charge < -0.3 is 14.8 Å². The first kappa shape index (κ1) is 20.2. The van der Waals surface area contributed by atoms with Gasteiger partial charge in [0, 0.05) is 16.7 Å². The molecule has 0 saturated heterocycles. The lowest BCUT2D eigenvalue weighted by molar-refractivity contribution is 0.0856. The number of unbranched alkanes of at least 4 members (excludes halogenated alkanes) is 2. The SMILES string of the molecule is CCCCCc1ccc(C(=O)Nc2cc(Cl)cc3c2OC(c2nn[nH]n2)CO3)cc1. The molecule has 1 amide bonds. The van der Waals surface area contributed by atoms with Gasteiger partial charge >= 0.3 is 0 Å². The quantitative estimate of drug-likeness (QED) is 0.543. The number of benzene rings is 2. The van der Waals surface area contributed by atoms with Crippen molar-refractivity contribution < 1.29 is 14.3 Å². The number of anilines is 1. The van der Waals surface area contributed by atoms with Crippen molar-refractivity contribution >= 4 is 23.2 Å². The van der Waals surface area contributed by atoms with E-state index >= 15 is 0 Å². The van der Waals surface area contributed by atoms with E-state index in [1.165, 1.54) is 18.4 Å². The van der Waals surface area contributed by atoms with E-state index in [0.717, 1.165) is 12.8 Å². The molecule has 0 bridgehead atoms. The molecule has 1 aromatic heterocycles. The minimum absolute atomic E-state index is 0.208. The van der Waals surface area contributed by atoms with Gasteiger partial charge in [-0.15, -0.1) is 10.2 Å². The van der Waals surface area contributed by atoms with Crippen LogP contribution in [0.5, 0.6) is 11.5 Å². The van der Waals surface area contributed by atoms with Gasteiger partial charge in [-0.25, -0.2) is 0 Å². The molecule has 3 aromatic rings. The maximum absolute atomic E-state index is 12.8. The van der Waals surface area contributed by atoms with E-state index < -0.39 is 6.10 Å². The zero-order valence-electron chi connectivity index (χ0n) is 16.5. The molecule has 1 aliphatic rings. The number of nitrogens with zero attached hydrogens (tertiary/aromatic N) is 3. The fourth-order valence-electron chi connectivity index (χ4n) is 3.26. The molecule has 2 heterocycles. The highest BCUT2D eigenvalue weighted by atomic mass is 35.5. The summed E-state index contributed by atoms with van der Waals surface area (Å²) in [6.45, 7) is 2.39. The number of tetrazole rings is 1. The van der Waals surface area contributed by atoms with Crippen LogP contribution in [0.4, 0.5) is 5.69 Å². The van der Waals surface area contributed by atoms with Gasteiger partial charge in [-0.05, 0) is 36.6 Å². The van der Waals surface area contributed by atoms with E-state index in [-0.39, 0.29) is 12.5 Å². The molecular formula is C21H22ClN5O3. The van der Waals surface area contributed by atoms with Crippen LogP contribution >= 0.6 is 11.6 Å². The Balaban J connectivity index is 1.50. The number of aromatic amines is 1. The highest BCUT2D eigenvalue weighted by Crippen LogP contribution is 2.43. The maximum Gasteiger partial charge on any atom is 0.255 e. The Morgan fingerprint density at radius 1 is 1.27 bits per heavy atom. The molecule has 0 fully saturated rings. The number of nitrogens with one attached hydrogen (secondary N) is 2. The second-order valence-corrected chi connectivity index (χ2v) is 7.51. The van der Waals surface area contributed by atoms with E-state index in [9.17, 15) is 4.79 Å². The molecule has 2 N–H and O–H groups in total. The summed E-state index contributed by atoms with van der Waals surface area (Å²) in [5.41, 5.74) is 2.19. The number of carbonyl (C=O) groups excluding carboxylic acids is 1. The van der Waals surface area contributed by atoms with Crippen LogP contribution in [0.2, 0.25) is 5.02 Å². The minimum Gasteiger partial charge on any atom is -0.485 e. The van der Waals surface area contributed by atoms with Crippen LogP contribution in [-0.2, 0) is 6.42 Å². The molecule has 4 rings (SSSR count). The molecule has 8 nitrogen and oxygen atoms in total. The summed E-state index contributed by atoms with van der Waals surface area (Å²) in [5.74, 6) is 0.935. The molecule has 1 atom stereocenters. The number of fused-ring (bicyclic) bond motifs is 1. The van der Waals surface area contributed by atoms with Crippen molar-refractivity contribution in [2.45, 2.75) is 38.7 Å². The van der Waals surface area contributed by atoms with Gasteiger partial charge in [-0.1, -0.05) is 48.7 Å². The van der Waals surface area contributed by atoms with E-state index in [1.54, 1.807) is 12.1 Å². The Morgan fingerprint density at radius 2 is 2.10 bits per heavy atom. The van der Waals surface area contributed by atoms with Crippen molar-refractivity contribution in [3.8, 4) is 11.5 Å². The summed E-state index contributed by atoms with van der Waals surface area (Å²) in [5, 5.41) is 17.1. The average Bonchev–Trinajstić information content (AvgIpc) is 3.29. The standard InChI is InChI=1S/C21H22ClN5O3/c1-2-3-4-5-13-6-8-14(9-7-13)21(28)23-16-10-15(22)11-17-19(16)30-18(12-29-17)20-24-26-27-25-20/h6-11,18H,2-5,12H2,1H3,(H,23,28)(H,24,25,26,27). The van der Waals surface area contributed by atoms with Crippen molar-refractivity contribution in [3.05, 3.63) is 58.4 Å². The summed E-state index contributed by atoms with van der Waals surface area (Å²) in [6.07, 6.45) is 4.00. The molecule has 0 aliphatic carbocycles. The zero-order valence-corrected chi connectivity index (χ0v) is 17.3. The van der Waals surface area contributed by atoms with Crippen LogP contribution in [0.3, 0.4) is 0 Å². The summed E-state index contributed by atoms with van der Waals surface area (Å²) in [6, 6.07) is 10.9. The van der Waals surface area contributed by atoms with E-state index in [2.05, 4.69) is 32.9 Å². The zero-order chi connectivity index (χ0) is 20.9. The van der Waals surface area contributed by atoms with Gasteiger partial charge in [0.2, 0.25) is 5.82 Å². The molecular weight excluding hydrogens is 406 g/mol. The number of rotatable bonds is 7. The summed E-state index contributed by atoms with van der Waals surface area (Å²) >= 11 is 6.20. The van der Waals surface area contributed by atoms with Crippen molar-refractivity contribution in [2.24, 2.45) is 0 Å². The van der Waals surface area contributed by atoms with Gasteiger partial charge in [0.1, 0.15) is 6.61 Å². The lowest BCUT2D eigenvalue weighted by Gasteiger charge is -2.26. The summed E-state index contributed by atoms with van der Waals surface area (Å²) < 4.78 is 11.7. The van der Waals surface area contributed by atoms with Crippen LogP contribution in [0.1, 0.15) is 54.0 Å². The number of carbonyl (C=O) groups is 1. The monoisotopic (exact) mass is 427 g/mol. The van der Waals surface area contributed by atoms with Gasteiger partial charge in [0.05, 0.1) is 5.69 Å². The van der Waals surface area contributed by atoms with Crippen LogP contribution in [-0.4, -0.2) is 33.1 Å². The molecule has 2 aromatic carbocycles. The lowest BCUT2D eigenvalue weighted by atomic mass is 10.1. The Labute approximate surface area is 178 Å². The topological polar surface area (TPSA) is 102 Å². The number of aromatic nitrogens is 4. The van der Waals surface area contributed by atoms with Crippen LogP contribution in [0.25, 0.3) is 0 Å². The maximum atomic E-state index is 12.8. The highest BCUT2D eigenvalue weighted by Gasteiger charge is 2.29. The van der Waals surface area contributed by atoms with E-state index in [1.807, 2.05) is 24.3 Å². The first-order valence-electron chi connectivity index (χ1n) is 9.90. The number of halogens is 1. The van der Waals surface area contributed by atoms with Gasteiger partial charge in [0.25, 0.3) is 5.91 Å². The number of ether oxygens (including phenoxy) is 2. The lowest BCUT2D eigenvalue weighted by Crippen LogP contribution is -2.24. The third-order valence-corrected chi connectivity index (χ3v) is 5.07. The fourth-order valence-corrected chi connectivity index (χ4v) is 3.47. The average molecular weight is 428 g/mol. The normalized spacial score (nSPS) is 15.1. The van der Waals surface area contributed by atoms with Crippen LogP contribution in [0, 0.1) is 0 Å². The van der Waals surface area contributed by atoms with Crippen molar-refractivity contribution in [2.75, 3.05) is 11.9 Å². The largest absolute Gasteiger partial charge is 0.485 e. The molecule has 30 heavy (non-hydrogen) atoms. The smallest absolute Gasteiger partial charge is 0.255 e. The number of hydrogen-bond acceptors (Lipinski definition) is 6. The number of amides is 1. The van der Waals surface area contributed by atoms with Gasteiger partial charge in [-0.3, -0.25) is 4.79 Å². The molecule has 0 radical (unpaired) electrons. The molecule has 9 heteroatoms. The van der Waals surface area contributed by atoms with Crippen LogP contribution < -0.4 is 14.8 Å². The fraction of sp³-hybridized carbons (Fsp3) is 0.333. The van der Waals surface area contributed by atoms with Gasteiger partial charge in [0.15, 0.2) is 17.6 Å². The first-order valence-corrected chi connectivity index (χ1v) is 10.3. The van der Waals surface area contributed by atoms with Crippen molar-refractivity contribution in [1.82, 2.24) is 20.6 Å². The van der Waals surface area contributed by atoms with Crippen molar-refractivity contribution in [1.29, 1.82) is 0 Å². The third-order valence-electron chi connectivity index (χ3n) is 4.85. The molecule has 1 unspecified atom stereocenters. The second-order valence-electron chi connectivity index (χ2n) is 7.08. The molecule has 0 spiro atoms. The Kier molecular flexibility index (Phi) is 6.13. The number of hydrogen-bond donors (Lipinski definition) is 2. The second kappa shape index (κ2) is 9.13. The predicted octanol–water partition coefficient (Wildman–Crippen LogP) is 4.35. The Hall–Kier alpha value is -3.13. The Bertz CT molecular complexity index is 1010. The van der Waals surface area contributed by atoms with Crippen LogP contribution in [0.15, 0.2) is 36.4 Å². The van der Waals surface area contributed by atoms with E-state index in [4.69, 9.17) is 21.1 Å². The predicted molar refractivity (Wildman–Crippen MR) is 112 cm³/mol. The molecule has 0 saturated carbocycles. The Morgan fingerprint density at radius 3 is 2.83 bits per heavy atom. The van der Waals surface area contributed by atoms with Crippen molar-refractivity contribution in [3.63, 3.8) is 0 Å². The molecule has 156 valence electrons. The third kappa shape index (κ3) is 4.54.